The summed E-state index contributed by atoms with van der Waals surface area (Å²) in [5.74, 6) is 2.19. The van der Waals surface area contributed by atoms with Crippen LogP contribution >= 0.6 is 11.6 Å². The van der Waals surface area contributed by atoms with E-state index in [0.29, 0.717) is 17.5 Å². The van der Waals surface area contributed by atoms with Crippen LogP contribution < -0.4 is 5.32 Å². The molecule has 0 radical (unpaired) electrons. The standard InChI is InChI=1S/C15H24ClN3O/c1-3-4-13-18-12(16)9-14(19-13)17-10-15(20)7-5-11(2)6-8-15/h9,11,20H,3-8,10H2,1-2H3,(H,17,18,19). The van der Waals surface area contributed by atoms with Gasteiger partial charge in [-0.3, -0.25) is 0 Å². The van der Waals surface area contributed by atoms with Crippen LogP contribution in [0.5, 0.6) is 0 Å². The molecule has 0 bridgehead atoms. The van der Waals surface area contributed by atoms with Crippen LogP contribution in [0.2, 0.25) is 5.15 Å². The van der Waals surface area contributed by atoms with E-state index in [1.165, 1.54) is 0 Å². The molecule has 20 heavy (non-hydrogen) atoms. The van der Waals surface area contributed by atoms with Crippen LogP contribution in [0.15, 0.2) is 6.07 Å². The van der Waals surface area contributed by atoms with Crippen molar-refractivity contribution in [3.8, 4) is 0 Å². The van der Waals surface area contributed by atoms with Crippen molar-refractivity contribution >= 4 is 17.4 Å². The van der Waals surface area contributed by atoms with E-state index in [9.17, 15) is 5.11 Å². The minimum atomic E-state index is -0.616. The molecule has 0 aliphatic heterocycles. The lowest BCUT2D eigenvalue weighted by Crippen LogP contribution is -2.40. The first-order valence-electron chi connectivity index (χ1n) is 7.50. The van der Waals surface area contributed by atoms with Crippen LogP contribution in [0, 0.1) is 5.92 Å². The Morgan fingerprint density at radius 1 is 1.40 bits per heavy atom. The number of aryl methyl sites for hydroxylation is 1. The normalized spacial score (nSPS) is 26.5. The molecule has 0 amide bonds. The predicted octanol–water partition coefficient (Wildman–Crippen LogP) is 3.44. The van der Waals surface area contributed by atoms with Crippen LogP contribution in [-0.2, 0) is 6.42 Å². The van der Waals surface area contributed by atoms with E-state index >= 15 is 0 Å². The highest BCUT2D eigenvalue weighted by molar-refractivity contribution is 6.29. The highest BCUT2D eigenvalue weighted by atomic mass is 35.5. The summed E-state index contributed by atoms with van der Waals surface area (Å²) in [7, 11) is 0. The van der Waals surface area contributed by atoms with Crippen molar-refractivity contribution in [1.29, 1.82) is 0 Å². The molecule has 1 aliphatic carbocycles. The minimum Gasteiger partial charge on any atom is -0.388 e. The molecule has 0 spiro atoms. The van der Waals surface area contributed by atoms with Crippen LogP contribution in [0.25, 0.3) is 0 Å². The second kappa shape index (κ2) is 6.72. The van der Waals surface area contributed by atoms with E-state index < -0.39 is 5.60 Å². The molecule has 1 aromatic rings. The number of anilines is 1. The Balaban J connectivity index is 1.96. The largest absolute Gasteiger partial charge is 0.388 e. The first kappa shape index (κ1) is 15.5. The monoisotopic (exact) mass is 297 g/mol. The second-order valence-electron chi connectivity index (χ2n) is 6.00. The van der Waals surface area contributed by atoms with Crippen molar-refractivity contribution in [3.63, 3.8) is 0 Å². The van der Waals surface area contributed by atoms with E-state index in [1.54, 1.807) is 6.07 Å². The van der Waals surface area contributed by atoms with Crippen molar-refractivity contribution in [1.82, 2.24) is 9.97 Å². The smallest absolute Gasteiger partial charge is 0.134 e. The molecule has 0 unspecified atom stereocenters. The average molecular weight is 298 g/mol. The number of hydrogen-bond donors (Lipinski definition) is 2. The van der Waals surface area contributed by atoms with Gasteiger partial charge < -0.3 is 10.4 Å². The molecule has 1 aromatic heterocycles. The molecule has 1 aliphatic rings. The van der Waals surface area contributed by atoms with Gasteiger partial charge in [-0.05, 0) is 38.0 Å². The number of nitrogens with one attached hydrogen (secondary N) is 1. The molecule has 4 nitrogen and oxygen atoms in total. The summed E-state index contributed by atoms with van der Waals surface area (Å²) < 4.78 is 0. The molecule has 2 N–H and O–H groups in total. The van der Waals surface area contributed by atoms with Crippen molar-refractivity contribution in [2.24, 2.45) is 5.92 Å². The van der Waals surface area contributed by atoms with Crippen molar-refractivity contribution in [2.45, 2.75) is 58.0 Å². The Bertz CT molecular complexity index is 445. The van der Waals surface area contributed by atoms with Crippen molar-refractivity contribution < 1.29 is 5.11 Å². The van der Waals surface area contributed by atoms with Gasteiger partial charge in [0.05, 0.1) is 5.60 Å². The van der Waals surface area contributed by atoms with Gasteiger partial charge in [-0.1, -0.05) is 25.4 Å². The zero-order chi connectivity index (χ0) is 14.6. The zero-order valence-electron chi connectivity index (χ0n) is 12.3. The number of aliphatic hydroxyl groups is 1. The van der Waals surface area contributed by atoms with E-state index in [0.717, 1.165) is 50.3 Å². The molecule has 0 aromatic carbocycles. The maximum Gasteiger partial charge on any atom is 0.134 e. The van der Waals surface area contributed by atoms with E-state index in [4.69, 9.17) is 11.6 Å². The van der Waals surface area contributed by atoms with Gasteiger partial charge in [0.1, 0.15) is 16.8 Å². The third kappa shape index (κ3) is 4.32. The van der Waals surface area contributed by atoms with Crippen molar-refractivity contribution in [2.75, 3.05) is 11.9 Å². The molecular formula is C15H24ClN3O. The average Bonchev–Trinajstić information content (AvgIpc) is 2.40. The molecule has 0 saturated heterocycles. The SMILES string of the molecule is CCCc1nc(Cl)cc(NCC2(O)CCC(C)CC2)n1. The van der Waals surface area contributed by atoms with E-state index in [-0.39, 0.29) is 0 Å². The number of hydrogen-bond acceptors (Lipinski definition) is 4. The minimum absolute atomic E-state index is 0.454. The van der Waals surface area contributed by atoms with Crippen LogP contribution in [0.3, 0.4) is 0 Å². The quantitative estimate of drug-likeness (QED) is 0.818. The molecule has 1 saturated carbocycles. The molecule has 112 valence electrons. The lowest BCUT2D eigenvalue weighted by Gasteiger charge is -2.35. The van der Waals surface area contributed by atoms with Gasteiger partial charge in [-0.25, -0.2) is 9.97 Å². The van der Waals surface area contributed by atoms with E-state index in [1.807, 2.05) is 0 Å². The first-order valence-corrected chi connectivity index (χ1v) is 7.88. The fourth-order valence-corrected chi connectivity index (χ4v) is 2.82. The Kier molecular flexibility index (Phi) is 5.22. The number of rotatable bonds is 5. The fraction of sp³-hybridized carbons (Fsp3) is 0.733. The molecule has 5 heteroatoms. The summed E-state index contributed by atoms with van der Waals surface area (Å²) in [4.78, 5) is 8.63. The summed E-state index contributed by atoms with van der Waals surface area (Å²) in [5, 5.41) is 14.2. The highest BCUT2D eigenvalue weighted by Crippen LogP contribution is 2.31. The summed E-state index contributed by atoms with van der Waals surface area (Å²) in [5.41, 5.74) is -0.616. The zero-order valence-corrected chi connectivity index (χ0v) is 13.1. The summed E-state index contributed by atoms with van der Waals surface area (Å²) >= 11 is 6.01. The van der Waals surface area contributed by atoms with Gasteiger partial charge in [0, 0.05) is 19.0 Å². The first-order chi connectivity index (χ1) is 9.50. The van der Waals surface area contributed by atoms with Gasteiger partial charge >= 0.3 is 0 Å². The third-order valence-corrected chi connectivity index (χ3v) is 4.21. The number of nitrogens with zero attached hydrogens (tertiary/aromatic N) is 2. The molecular weight excluding hydrogens is 274 g/mol. The summed E-state index contributed by atoms with van der Waals surface area (Å²) in [6, 6.07) is 1.72. The van der Waals surface area contributed by atoms with Crippen LogP contribution in [0.1, 0.15) is 51.8 Å². The maximum atomic E-state index is 10.6. The maximum absolute atomic E-state index is 10.6. The number of halogens is 1. The van der Waals surface area contributed by atoms with Crippen LogP contribution in [0.4, 0.5) is 5.82 Å². The van der Waals surface area contributed by atoms with Gasteiger partial charge in [-0.15, -0.1) is 0 Å². The Morgan fingerprint density at radius 2 is 2.10 bits per heavy atom. The van der Waals surface area contributed by atoms with Gasteiger partial charge in [0.25, 0.3) is 0 Å². The van der Waals surface area contributed by atoms with Crippen LogP contribution in [-0.4, -0.2) is 27.2 Å². The second-order valence-corrected chi connectivity index (χ2v) is 6.39. The van der Waals surface area contributed by atoms with Gasteiger partial charge in [0.15, 0.2) is 0 Å². The summed E-state index contributed by atoms with van der Waals surface area (Å²) in [6.07, 6.45) is 5.68. The Hall–Kier alpha value is -0.870. The Labute approximate surface area is 126 Å². The van der Waals surface area contributed by atoms with Crippen molar-refractivity contribution in [3.05, 3.63) is 17.0 Å². The summed E-state index contributed by atoms with van der Waals surface area (Å²) in [6.45, 7) is 4.86. The molecule has 1 heterocycles. The third-order valence-electron chi connectivity index (χ3n) is 4.02. The van der Waals surface area contributed by atoms with Gasteiger partial charge in [0.2, 0.25) is 0 Å². The van der Waals surface area contributed by atoms with E-state index in [2.05, 4.69) is 29.1 Å². The Morgan fingerprint density at radius 3 is 2.75 bits per heavy atom. The highest BCUT2D eigenvalue weighted by Gasteiger charge is 2.31. The van der Waals surface area contributed by atoms with Gasteiger partial charge in [-0.2, -0.15) is 0 Å². The predicted molar refractivity (Wildman–Crippen MR) is 82.1 cm³/mol. The topological polar surface area (TPSA) is 58.0 Å². The lowest BCUT2D eigenvalue weighted by molar-refractivity contribution is 0.00494. The number of aromatic nitrogens is 2. The molecule has 0 atom stereocenters. The molecule has 2 rings (SSSR count). The fourth-order valence-electron chi connectivity index (χ4n) is 2.62. The molecule has 1 fully saturated rings. The lowest BCUT2D eigenvalue weighted by atomic mass is 9.79.